The fourth-order valence-corrected chi connectivity index (χ4v) is 4.06. The lowest BCUT2D eigenvalue weighted by atomic mass is 9.96. The summed E-state index contributed by atoms with van der Waals surface area (Å²) in [4.78, 5) is 2.49. The molecule has 118 valence electrons. The summed E-state index contributed by atoms with van der Waals surface area (Å²) < 4.78 is 23.6. The van der Waals surface area contributed by atoms with Crippen LogP contribution in [-0.4, -0.2) is 27.8 Å². The fourth-order valence-electron chi connectivity index (χ4n) is 3.23. The summed E-state index contributed by atoms with van der Waals surface area (Å²) in [6.07, 6.45) is 7.30. The number of nitrogen functional groups attached to an aromatic ring is 1. The van der Waals surface area contributed by atoms with Gasteiger partial charge < -0.3 is 10.6 Å². The van der Waals surface area contributed by atoms with Crippen LogP contribution in [0.5, 0.6) is 0 Å². The van der Waals surface area contributed by atoms with Crippen molar-refractivity contribution in [3.05, 3.63) is 18.2 Å². The van der Waals surface area contributed by atoms with Gasteiger partial charge in [0.05, 0.1) is 16.3 Å². The zero-order valence-electron chi connectivity index (χ0n) is 13.0. The van der Waals surface area contributed by atoms with E-state index in [4.69, 9.17) is 5.73 Å². The number of hydrogen-bond acceptors (Lipinski definition) is 4. The van der Waals surface area contributed by atoms with E-state index < -0.39 is 9.84 Å². The van der Waals surface area contributed by atoms with Gasteiger partial charge in [-0.25, -0.2) is 8.42 Å². The molecule has 0 aromatic heterocycles. The van der Waals surface area contributed by atoms with Gasteiger partial charge in [-0.3, -0.25) is 0 Å². The quantitative estimate of drug-likeness (QED) is 0.868. The summed E-state index contributed by atoms with van der Waals surface area (Å²) in [5.41, 5.74) is 7.39. The molecule has 0 amide bonds. The van der Waals surface area contributed by atoms with Gasteiger partial charge in [-0.05, 0) is 37.3 Å². The fraction of sp³-hybridized carbons (Fsp3) is 0.625. The predicted octanol–water partition coefficient (Wildman–Crippen LogP) is 3.08. The molecule has 1 aromatic rings. The normalized spacial score (nSPS) is 20.3. The lowest BCUT2D eigenvalue weighted by molar-refractivity contribution is 0.435. The van der Waals surface area contributed by atoms with Gasteiger partial charge in [0, 0.05) is 19.3 Å². The van der Waals surface area contributed by atoms with Crippen LogP contribution in [0, 0.1) is 5.92 Å². The summed E-state index contributed by atoms with van der Waals surface area (Å²) in [6, 6.07) is 5.31. The summed E-state index contributed by atoms with van der Waals surface area (Å²) in [5, 5.41) is 0. The smallest absolute Gasteiger partial charge is 0.177 e. The van der Waals surface area contributed by atoms with Crippen LogP contribution < -0.4 is 10.6 Å². The first kappa shape index (κ1) is 16.1. The molecule has 0 saturated carbocycles. The number of nitrogens with two attached hydrogens (primary N) is 1. The highest BCUT2D eigenvalue weighted by molar-refractivity contribution is 7.90. The van der Waals surface area contributed by atoms with Crippen LogP contribution in [0.4, 0.5) is 11.4 Å². The maximum atomic E-state index is 11.8. The maximum Gasteiger partial charge on any atom is 0.177 e. The Morgan fingerprint density at radius 3 is 2.71 bits per heavy atom. The Morgan fingerprint density at radius 1 is 1.29 bits per heavy atom. The molecule has 0 aliphatic carbocycles. The first-order valence-electron chi connectivity index (χ1n) is 7.77. The number of rotatable bonds is 4. The molecule has 1 aromatic carbocycles. The summed E-state index contributed by atoms with van der Waals surface area (Å²) in [5.74, 6) is 0.791. The largest absolute Gasteiger partial charge is 0.396 e. The molecule has 1 saturated heterocycles. The molecule has 2 N–H and O–H groups in total. The van der Waals surface area contributed by atoms with Crippen molar-refractivity contribution in [3.8, 4) is 0 Å². The molecule has 2 rings (SSSR count). The molecule has 1 atom stereocenters. The predicted molar refractivity (Wildman–Crippen MR) is 88.4 cm³/mol. The van der Waals surface area contributed by atoms with Crippen LogP contribution in [0.1, 0.15) is 39.0 Å². The highest BCUT2D eigenvalue weighted by atomic mass is 32.2. The van der Waals surface area contributed by atoms with Gasteiger partial charge >= 0.3 is 0 Å². The van der Waals surface area contributed by atoms with Gasteiger partial charge in [-0.1, -0.05) is 25.8 Å². The van der Waals surface area contributed by atoms with Crippen LogP contribution in [0.15, 0.2) is 23.1 Å². The first-order chi connectivity index (χ1) is 9.93. The summed E-state index contributed by atoms with van der Waals surface area (Å²) >= 11 is 0. The Balaban J connectivity index is 2.23. The molecule has 21 heavy (non-hydrogen) atoms. The van der Waals surface area contributed by atoms with Crippen molar-refractivity contribution >= 4 is 21.2 Å². The number of hydrogen-bond donors (Lipinski definition) is 1. The minimum absolute atomic E-state index is 0.245. The van der Waals surface area contributed by atoms with E-state index in [1.165, 1.54) is 25.5 Å². The van der Waals surface area contributed by atoms with Crippen LogP contribution in [0.2, 0.25) is 0 Å². The third-order valence-corrected chi connectivity index (χ3v) is 5.48. The molecule has 4 nitrogen and oxygen atoms in total. The van der Waals surface area contributed by atoms with Crippen molar-refractivity contribution in [1.82, 2.24) is 0 Å². The van der Waals surface area contributed by atoms with Crippen LogP contribution in [0.3, 0.4) is 0 Å². The van der Waals surface area contributed by atoms with Crippen molar-refractivity contribution in [1.29, 1.82) is 0 Å². The van der Waals surface area contributed by atoms with Crippen molar-refractivity contribution in [3.63, 3.8) is 0 Å². The van der Waals surface area contributed by atoms with Gasteiger partial charge in [-0.2, -0.15) is 0 Å². The van der Waals surface area contributed by atoms with Crippen molar-refractivity contribution in [2.24, 2.45) is 5.92 Å². The van der Waals surface area contributed by atoms with Crippen LogP contribution >= 0.6 is 0 Å². The van der Waals surface area contributed by atoms with Crippen LogP contribution in [-0.2, 0) is 9.84 Å². The summed E-state index contributed by atoms with van der Waals surface area (Å²) in [7, 11) is -3.27. The molecular formula is C16H26N2O2S. The Labute approximate surface area is 128 Å². The highest BCUT2D eigenvalue weighted by Crippen LogP contribution is 2.32. The number of anilines is 2. The van der Waals surface area contributed by atoms with Crippen molar-refractivity contribution in [2.45, 2.75) is 43.9 Å². The van der Waals surface area contributed by atoms with Gasteiger partial charge in [0.2, 0.25) is 0 Å². The van der Waals surface area contributed by atoms with E-state index in [0.29, 0.717) is 5.69 Å². The molecule has 0 spiro atoms. The standard InChI is InChI=1S/C16H26N2O2S/c1-3-6-13-7-5-11-18(12-10-13)14-8-4-9-15(16(14)17)21(2,19)20/h4,8-9,13H,3,5-7,10-12,17H2,1-2H3. The van der Waals surface area contributed by atoms with Gasteiger partial charge in [0.1, 0.15) is 0 Å². The SMILES string of the molecule is CCCC1CCCN(c2cccc(S(C)(=O)=O)c2N)CC1. The Kier molecular flexibility index (Phi) is 5.14. The zero-order chi connectivity index (χ0) is 15.5. The molecule has 5 heteroatoms. The monoisotopic (exact) mass is 310 g/mol. The average molecular weight is 310 g/mol. The molecule has 1 aliphatic heterocycles. The molecule has 1 heterocycles. The van der Waals surface area contributed by atoms with Crippen LogP contribution in [0.25, 0.3) is 0 Å². The van der Waals surface area contributed by atoms with E-state index in [0.717, 1.165) is 37.5 Å². The Morgan fingerprint density at radius 2 is 2.05 bits per heavy atom. The van der Waals surface area contributed by atoms with E-state index in [9.17, 15) is 8.42 Å². The number of benzene rings is 1. The van der Waals surface area contributed by atoms with Gasteiger partial charge in [0.15, 0.2) is 9.84 Å². The molecule has 0 bridgehead atoms. The highest BCUT2D eigenvalue weighted by Gasteiger charge is 2.21. The topological polar surface area (TPSA) is 63.4 Å². The van der Waals surface area contributed by atoms with E-state index in [-0.39, 0.29) is 4.90 Å². The van der Waals surface area contributed by atoms with E-state index in [1.807, 2.05) is 6.07 Å². The molecule has 0 radical (unpaired) electrons. The molecule has 1 aliphatic rings. The minimum atomic E-state index is -3.27. The van der Waals surface area contributed by atoms with E-state index in [2.05, 4.69) is 11.8 Å². The van der Waals surface area contributed by atoms with E-state index in [1.54, 1.807) is 12.1 Å². The second-order valence-electron chi connectivity index (χ2n) is 6.03. The van der Waals surface area contributed by atoms with Crippen molar-refractivity contribution < 1.29 is 8.42 Å². The zero-order valence-corrected chi connectivity index (χ0v) is 13.8. The Bertz CT molecular complexity index is 584. The van der Waals surface area contributed by atoms with E-state index >= 15 is 0 Å². The maximum absolute atomic E-state index is 11.8. The second-order valence-corrected chi connectivity index (χ2v) is 8.02. The number of nitrogens with zero attached hydrogens (tertiary/aromatic N) is 1. The second kappa shape index (κ2) is 6.69. The summed E-state index contributed by atoms with van der Waals surface area (Å²) in [6.45, 7) is 4.15. The average Bonchev–Trinajstić information content (AvgIpc) is 2.64. The third-order valence-electron chi connectivity index (χ3n) is 4.33. The number of sulfone groups is 1. The molecule has 1 fully saturated rings. The lowest BCUT2D eigenvalue weighted by Gasteiger charge is -2.25. The van der Waals surface area contributed by atoms with Gasteiger partial charge in [-0.15, -0.1) is 0 Å². The molecular weight excluding hydrogens is 284 g/mol. The van der Waals surface area contributed by atoms with Crippen molar-refractivity contribution in [2.75, 3.05) is 30.0 Å². The third kappa shape index (κ3) is 3.90. The number of para-hydroxylation sites is 1. The molecule has 1 unspecified atom stereocenters. The minimum Gasteiger partial charge on any atom is -0.396 e. The first-order valence-corrected chi connectivity index (χ1v) is 9.66. The Hall–Kier alpha value is -1.23. The lowest BCUT2D eigenvalue weighted by Crippen LogP contribution is -2.25. The van der Waals surface area contributed by atoms with Gasteiger partial charge in [0.25, 0.3) is 0 Å².